The van der Waals surface area contributed by atoms with Crippen molar-refractivity contribution in [1.82, 2.24) is 0 Å². The average molecular weight is 256 g/mol. The van der Waals surface area contributed by atoms with Crippen molar-refractivity contribution in [2.24, 2.45) is 0 Å². The molecule has 0 unspecified atom stereocenters. The molecule has 5 heteroatoms. The summed E-state index contributed by atoms with van der Waals surface area (Å²) in [6.45, 7) is 1.46. The molecule has 1 aliphatic rings. The maximum absolute atomic E-state index is 10.6. The summed E-state index contributed by atoms with van der Waals surface area (Å²) >= 11 is 0. The molecule has 5 nitrogen and oxygen atoms in total. The highest BCUT2D eigenvalue weighted by atomic mass is 16.6. The first-order valence-electron chi connectivity index (χ1n) is 5.99. The smallest absolute Gasteiger partial charge is 0.269 e. The van der Waals surface area contributed by atoms with E-state index in [1.165, 1.54) is 12.1 Å². The van der Waals surface area contributed by atoms with Crippen molar-refractivity contribution in [2.75, 3.05) is 18.5 Å². The standard InChI is InChI=1S/C14H12N2O3/c17-16(18)12-4-1-10(2-5-12)11-3-6-14-13(9-11)15-7-8-19-14/h1-6,9,15H,7-8H2. The van der Waals surface area contributed by atoms with Crippen LogP contribution in [0, 0.1) is 10.1 Å². The van der Waals surface area contributed by atoms with Crippen molar-refractivity contribution in [1.29, 1.82) is 0 Å². The van der Waals surface area contributed by atoms with Gasteiger partial charge in [0, 0.05) is 18.7 Å². The number of nitrogens with zero attached hydrogens (tertiary/aromatic N) is 1. The zero-order valence-corrected chi connectivity index (χ0v) is 10.1. The highest BCUT2D eigenvalue weighted by molar-refractivity contribution is 5.73. The molecular formula is C14H12N2O3. The van der Waals surface area contributed by atoms with E-state index in [2.05, 4.69) is 5.32 Å². The van der Waals surface area contributed by atoms with E-state index in [-0.39, 0.29) is 5.69 Å². The van der Waals surface area contributed by atoms with Gasteiger partial charge in [-0.25, -0.2) is 0 Å². The summed E-state index contributed by atoms with van der Waals surface area (Å²) in [6.07, 6.45) is 0. The molecule has 0 saturated heterocycles. The number of benzene rings is 2. The Kier molecular flexibility index (Phi) is 2.79. The molecule has 0 spiro atoms. The maximum atomic E-state index is 10.6. The van der Waals surface area contributed by atoms with Crippen LogP contribution >= 0.6 is 0 Å². The largest absolute Gasteiger partial charge is 0.490 e. The van der Waals surface area contributed by atoms with Crippen molar-refractivity contribution in [3.05, 3.63) is 52.6 Å². The second-order valence-electron chi connectivity index (χ2n) is 4.29. The summed E-state index contributed by atoms with van der Waals surface area (Å²) < 4.78 is 5.51. The molecule has 1 heterocycles. The van der Waals surface area contributed by atoms with Crippen molar-refractivity contribution in [3.8, 4) is 16.9 Å². The summed E-state index contributed by atoms with van der Waals surface area (Å²) in [5.41, 5.74) is 3.01. The van der Waals surface area contributed by atoms with Crippen LogP contribution in [0.3, 0.4) is 0 Å². The molecule has 0 radical (unpaired) electrons. The van der Waals surface area contributed by atoms with Gasteiger partial charge in [0.15, 0.2) is 0 Å². The van der Waals surface area contributed by atoms with Crippen LogP contribution < -0.4 is 10.1 Å². The van der Waals surface area contributed by atoms with Gasteiger partial charge in [-0.1, -0.05) is 6.07 Å². The van der Waals surface area contributed by atoms with Gasteiger partial charge in [0.05, 0.1) is 10.6 Å². The number of rotatable bonds is 2. The predicted molar refractivity (Wildman–Crippen MR) is 72.5 cm³/mol. The highest BCUT2D eigenvalue weighted by Crippen LogP contribution is 2.32. The zero-order chi connectivity index (χ0) is 13.2. The van der Waals surface area contributed by atoms with E-state index < -0.39 is 4.92 Å². The van der Waals surface area contributed by atoms with E-state index in [1.54, 1.807) is 12.1 Å². The van der Waals surface area contributed by atoms with Gasteiger partial charge >= 0.3 is 0 Å². The summed E-state index contributed by atoms with van der Waals surface area (Å²) in [5, 5.41) is 13.9. The number of ether oxygens (including phenoxy) is 1. The highest BCUT2D eigenvalue weighted by Gasteiger charge is 2.11. The minimum atomic E-state index is -0.397. The van der Waals surface area contributed by atoms with Crippen LogP contribution in [-0.2, 0) is 0 Å². The molecule has 0 fully saturated rings. The zero-order valence-electron chi connectivity index (χ0n) is 10.1. The van der Waals surface area contributed by atoms with Crippen LogP contribution in [0.25, 0.3) is 11.1 Å². The van der Waals surface area contributed by atoms with Gasteiger partial charge in [-0.2, -0.15) is 0 Å². The fourth-order valence-electron chi connectivity index (χ4n) is 2.10. The monoisotopic (exact) mass is 256 g/mol. The summed E-state index contributed by atoms with van der Waals surface area (Å²) in [4.78, 5) is 10.2. The molecule has 1 N–H and O–H groups in total. The van der Waals surface area contributed by atoms with Crippen LogP contribution in [0.2, 0.25) is 0 Å². The molecule has 3 rings (SSSR count). The van der Waals surface area contributed by atoms with Gasteiger partial charge < -0.3 is 10.1 Å². The number of hydrogen-bond donors (Lipinski definition) is 1. The third kappa shape index (κ3) is 2.22. The number of non-ortho nitro benzene ring substituents is 1. The fourth-order valence-corrected chi connectivity index (χ4v) is 2.10. The van der Waals surface area contributed by atoms with Crippen molar-refractivity contribution >= 4 is 11.4 Å². The number of nitro benzene ring substituents is 1. The molecule has 96 valence electrons. The summed E-state index contributed by atoms with van der Waals surface area (Å²) in [5.74, 6) is 0.844. The second kappa shape index (κ2) is 4.61. The molecule has 0 aromatic heterocycles. The normalized spacial score (nSPS) is 13.1. The summed E-state index contributed by atoms with van der Waals surface area (Å²) in [6, 6.07) is 12.4. The van der Waals surface area contributed by atoms with Crippen molar-refractivity contribution in [3.63, 3.8) is 0 Å². The SMILES string of the molecule is O=[N+]([O-])c1ccc(-c2ccc3c(c2)NCCO3)cc1. The third-order valence-electron chi connectivity index (χ3n) is 3.07. The Labute approximate surface area is 110 Å². The van der Waals surface area contributed by atoms with Gasteiger partial charge in [-0.15, -0.1) is 0 Å². The lowest BCUT2D eigenvalue weighted by atomic mass is 10.0. The van der Waals surface area contributed by atoms with Gasteiger partial charge in [-0.3, -0.25) is 10.1 Å². The molecular weight excluding hydrogens is 244 g/mol. The quantitative estimate of drug-likeness (QED) is 0.662. The van der Waals surface area contributed by atoms with E-state index in [9.17, 15) is 10.1 Å². The molecule has 0 atom stereocenters. The molecule has 2 aromatic carbocycles. The van der Waals surface area contributed by atoms with E-state index in [1.807, 2.05) is 18.2 Å². The maximum Gasteiger partial charge on any atom is 0.269 e. The number of fused-ring (bicyclic) bond motifs is 1. The lowest BCUT2D eigenvalue weighted by Crippen LogP contribution is -2.17. The Hall–Kier alpha value is -2.56. The lowest BCUT2D eigenvalue weighted by Gasteiger charge is -2.19. The van der Waals surface area contributed by atoms with E-state index in [4.69, 9.17) is 4.74 Å². The number of nitrogens with one attached hydrogen (secondary N) is 1. The average Bonchev–Trinajstić information content (AvgIpc) is 2.47. The van der Waals surface area contributed by atoms with Gasteiger partial charge in [-0.05, 0) is 35.4 Å². The molecule has 0 bridgehead atoms. The molecule has 0 aliphatic carbocycles. The van der Waals surface area contributed by atoms with Gasteiger partial charge in [0.1, 0.15) is 12.4 Å². The molecule has 19 heavy (non-hydrogen) atoms. The Morgan fingerprint density at radius 1 is 1.11 bits per heavy atom. The van der Waals surface area contributed by atoms with E-state index in [0.29, 0.717) is 6.61 Å². The molecule has 1 aliphatic heterocycles. The predicted octanol–water partition coefficient (Wildman–Crippen LogP) is 3.07. The Morgan fingerprint density at radius 3 is 2.58 bits per heavy atom. The van der Waals surface area contributed by atoms with Crippen LogP contribution in [0.1, 0.15) is 0 Å². The van der Waals surface area contributed by atoms with Crippen LogP contribution in [0.15, 0.2) is 42.5 Å². The Morgan fingerprint density at radius 2 is 1.84 bits per heavy atom. The van der Waals surface area contributed by atoms with Crippen molar-refractivity contribution < 1.29 is 9.66 Å². The van der Waals surface area contributed by atoms with Crippen LogP contribution in [0.4, 0.5) is 11.4 Å². The Bertz CT molecular complexity index is 623. The number of hydrogen-bond acceptors (Lipinski definition) is 4. The second-order valence-corrected chi connectivity index (χ2v) is 4.29. The molecule has 2 aromatic rings. The number of nitro groups is 1. The minimum Gasteiger partial charge on any atom is -0.490 e. The lowest BCUT2D eigenvalue weighted by molar-refractivity contribution is -0.384. The molecule has 0 saturated carbocycles. The Balaban J connectivity index is 1.95. The van der Waals surface area contributed by atoms with Crippen molar-refractivity contribution in [2.45, 2.75) is 0 Å². The van der Waals surface area contributed by atoms with Crippen LogP contribution in [-0.4, -0.2) is 18.1 Å². The third-order valence-corrected chi connectivity index (χ3v) is 3.07. The first-order valence-corrected chi connectivity index (χ1v) is 5.99. The first kappa shape index (κ1) is 11.5. The minimum absolute atomic E-state index is 0.100. The summed E-state index contributed by atoms with van der Waals surface area (Å²) in [7, 11) is 0. The number of anilines is 1. The van der Waals surface area contributed by atoms with Gasteiger partial charge in [0.25, 0.3) is 5.69 Å². The van der Waals surface area contributed by atoms with E-state index >= 15 is 0 Å². The van der Waals surface area contributed by atoms with E-state index in [0.717, 1.165) is 29.1 Å². The molecule has 0 amide bonds. The van der Waals surface area contributed by atoms with Gasteiger partial charge in [0.2, 0.25) is 0 Å². The van der Waals surface area contributed by atoms with Crippen LogP contribution in [0.5, 0.6) is 5.75 Å². The topological polar surface area (TPSA) is 64.4 Å². The first-order chi connectivity index (χ1) is 9.24. The fraction of sp³-hybridized carbons (Fsp3) is 0.143.